The van der Waals surface area contributed by atoms with Gasteiger partial charge in [-0.05, 0) is 40.2 Å². The van der Waals surface area contributed by atoms with Crippen molar-refractivity contribution in [2.45, 2.75) is 0 Å². The van der Waals surface area contributed by atoms with E-state index < -0.39 is 11.7 Å². The first-order valence-electron chi connectivity index (χ1n) is 5.50. The molecule has 0 spiro atoms. The van der Waals surface area contributed by atoms with Gasteiger partial charge in [-0.25, -0.2) is 4.39 Å². The molecular formula is C13H7BrCl3FN2O. The fourth-order valence-electron chi connectivity index (χ4n) is 1.58. The molecule has 2 aromatic carbocycles. The molecule has 0 aliphatic carbocycles. The Bertz CT molecular complexity index is 717. The van der Waals surface area contributed by atoms with E-state index in [0.29, 0.717) is 5.02 Å². The van der Waals surface area contributed by atoms with Gasteiger partial charge in [0, 0.05) is 9.50 Å². The minimum absolute atomic E-state index is 0.142. The van der Waals surface area contributed by atoms with E-state index in [1.165, 1.54) is 18.2 Å². The highest BCUT2D eigenvalue weighted by atomic mass is 79.9. The number of halogens is 5. The Morgan fingerprint density at radius 2 is 1.71 bits per heavy atom. The number of nitrogens with one attached hydrogen (secondary N) is 1. The summed E-state index contributed by atoms with van der Waals surface area (Å²) in [5.41, 5.74) is 5.67. The lowest BCUT2D eigenvalue weighted by molar-refractivity contribution is 0.102. The lowest BCUT2D eigenvalue weighted by Gasteiger charge is -2.11. The van der Waals surface area contributed by atoms with Crippen molar-refractivity contribution in [2.24, 2.45) is 0 Å². The minimum atomic E-state index is -0.624. The summed E-state index contributed by atoms with van der Waals surface area (Å²) < 4.78 is 13.5. The van der Waals surface area contributed by atoms with Gasteiger partial charge in [0.2, 0.25) is 0 Å². The van der Waals surface area contributed by atoms with E-state index in [-0.39, 0.29) is 31.5 Å². The maximum atomic E-state index is 13.3. The van der Waals surface area contributed by atoms with Crippen LogP contribution in [0.3, 0.4) is 0 Å². The van der Waals surface area contributed by atoms with Crippen molar-refractivity contribution in [3.8, 4) is 0 Å². The van der Waals surface area contributed by atoms with E-state index in [4.69, 9.17) is 40.5 Å². The minimum Gasteiger partial charge on any atom is -0.396 e. The molecule has 2 rings (SSSR count). The van der Waals surface area contributed by atoms with Crippen LogP contribution in [0.25, 0.3) is 0 Å². The van der Waals surface area contributed by atoms with Gasteiger partial charge in [0.1, 0.15) is 5.82 Å². The molecule has 0 aliphatic heterocycles. The number of carbonyl (C=O) groups excluding carboxylic acids is 1. The van der Waals surface area contributed by atoms with Crippen molar-refractivity contribution >= 4 is 68.0 Å². The van der Waals surface area contributed by atoms with Crippen molar-refractivity contribution in [3.63, 3.8) is 0 Å². The summed E-state index contributed by atoms with van der Waals surface area (Å²) in [7, 11) is 0. The molecule has 1 amide bonds. The number of anilines is 2. The van der Waals surface area contributed by atoms with Crippen LogP contribution in [-0.4, -0.2) is 5.91 Å². The number of nitrogen functional groups attached to an aromatic ring is 1. The highest BCUT2D eigenvalue weighted by Crippen LogP contribution is 2.34. The van der Waals surface area contributed by atoms with Gasteiger partial charge in [-0.3, -0.25) is 4.79 Å². The Hall–Kier alpha value is -1.01. The third-order valence-electron chi connectivity index (χ3n) is 2.58. The summed E-state index contributed by atoms with van der Waals surface area (Å²) in [5.74, 6) is -1.17. The summed E-state index contributed by atoms with van der Waals surface area (Å²) in [5, 5.41) is 3.26. The predicted octanol–water partition coefficient (Wildman–Crippen LogP) is 5.38. The standard InChI is InChI=1S/C13H7BrCl3FN2O/c14-7-4-10(18)11(19)3-6(7)13(21)20-12-8(16)1-5(15)2-9(12)17/h1-4H,19H2,(H,20,21). The van der Waals surface area contributed by atoms with Crippen molar-refractivity contribution < 1.29 is 9.18 Å². The number of nitrogens with two attached hydrogens (primary N) is 1. The van der Waals surface area contributed by atoms with Crippen LogP contribution in [0.1, 0.15) is 10.4 Å². The first-order chi connectivity index (χ1) is 9.79. The van der Waals surface area contributed by atoms with E-state index in [2.05, 4.69) is 21.2 Å². The maximum Gasteiger partial charge on any atom is 0.256 e. The number of rotatable bonds is 2. The first kappa shape index (κ1) is 16.4. The largest absolute Gasteiger partial charge is 0.396 e. The number of hydrogen-bond acceptors (Lipinski definition) is 2. The molecular weight excluding hydrogens is 405 g/mol. The van der Waals surface area contributed by atoms with E-state index in [1.807, 2.05) is 0 Å². The van der Waals surface area contributed by atoms with E-state index >= 15 is 0 Å². The monoisotopic (exact) mass is 410 g/mol. The second kappa shape index (κ2) is 6.40. The van der Waals surface area contributed by atoms with Gasteiger partial charge < -0.3 is 11.1 Å². The van der Waals surface area contributed by atoms with Crippen LogP contribution in [-0.2, 0) is 0 Å². The molecule has 0 radical (unpaired) electrons. The molecule has 3 nitrogen and oxygen atoms in total. The zero-order valence-electron chi connectivity index (χ0n) is 10.2. The van der Waals surface area contributed by atoms with E-state index in [1.54, 1.807) is 0 Å². The molecule has 21 heavy (non-hydrogen) atoms. The zero-order valence-corrected chi connectivity index (χ0v) is 14.0. The summed E-state index contributed by atoms with van der Waals surface area (Å²) in [6.45, 7) is 0. The van der Waals surface area contributed by atoms with Crippen LogP contribution >= 0.6 is 50.7 Å². The molecule has 0 saturated carbocycles. The number of benzene rings is 2. The highest BCUT2D eigenvalue weighted by molar-refractivity contribution is 9.10. The van der Waals surface area contributed by atoms with Gasteiger partial charge in [-0.15, -0.1) is 0 Å². The number of carbonyl (C=O) groups is 1. The average molecular weight is 412 g/mol. The Morgan fingerprint density at radius 3 is 2.29 bits per heavy atom. The van der Waals surface area contributed by atoms with Crippen LogP contribution < -0.4 is 11.1 Å². The van der Waals surface area contributed by atoms with Gasteiger partial charge in [0.05, 0.1) is 27.0 Å². The van der Waals surface area contributed by atoms with Crippen molar-refractivity contribution in [1.82, 2.24) is 0 Å². The Morgan fingerprint density at radius 1 is 1.14 bits per heavy atom. The molecule has 0 aromatic heterocycles. The lowest BCUT2D eigenvalue weighted by atomic mass is 10.1. The Kier molecular flexibility index (Phi) is 4.99. The van der Waals surface area contributed by atoms with Gasteiger partial charge in [-0.2, -0.15) is 0 Å². The first-order valence-corrected chi connectivity index (χ1v) is 7.42. The predicted molar refractivity (Wildman–Crippen MR) is 87.9 cm³/mol. The normalized spacial score (nSPS) is 10.5. The molecule has 0 atom stereocenters. The third kappa shape index (κ3) is 3.61. The van der Waals surface area contributed by atoms with E-state index in [0.717, 1.165) is 6.07 Å². The average Bonchev–Trinajstić information content (AvgIpc) is 2.37. The van der Waals surface area contributed by atoms with Gasteiger partial charge >= 0.3 is 0 Å². The second-order valence-electron chi connectivity index (χ2n) is 4.05. The highest BCUT2D eigenvalue weighted by Gasteiger charge is 2.16. The summed E-state index contributed by atoms with van der Waals surface area (Å²) in [6.07, 6.45) is 0. The number of amides is 1. The van der Waals surface area contributed by atoms with Crippen LogP contribution in [0.4, 0.5) is 15.8 Å². The third-order valence-corrected chi connectivity index (χ3v) is 4.05. The maximum absolute atomic E-state index is 13.3. The Balaban J connectivity index is 2.37. The molecule has 8 heteroatoms. The molecule has 0 heterocycles. The molecule has 0 aliphatic rings. The quantitative estimate of drug-likeness (QED) is 0.651. The number of hydrogen-bond donors (Lipinski definition) is 2. The Labute approximate surface area is 143 Å². The van der Waals surface area contributed by atoms with Crippen LogP contribution in [0.2, 0.25) is 15.1 Å². The van der Waals surface area contributed by atoms with E-state index in [9.17, 15) is 9.18 Å². The van der Waals surface area contributed by atoms with Crippen LogP contribution in [0.15, 0.2) is 28.7 Å². The van der Waals surface area contributed by atoms with Gasteiger partial charge in [0.15, 0.2) is 0 Å². The topological polar surface area (TPSA) is 55.1 Å². The van der Waals surface area contributed by atoms with Gasteiger partial charge in [-0.1, -0.05) is 34.8 Å². The zero-order chi connectivity index (χ0) is 15.7. The second-order valence-corrected chi connectivity index (χ2v) is 6.16. The van der Waals surface area contributed by atoms with Crippen molar-refractivity contribution in [1.29, 1.82) is 0 Å². The van der Waals surface area contributed by atoms with Crippen molar-refractivity contribution in [3.05, 3.63) is 55.2 Å². The van der Waals surface area contributed by atoms with Crippen LogP contribution in [0, 0.1) is 5.82 Å². The molecule has 0 saturated heterocycles. The fourth-order valence-corrected chi connectivity index (χ4v) is 2.99. The molecule has 0 fully saturated rings. The van der Waals surface area contributed by atoms with Crippen LogP contribution in [0.5, 0.6) is 0 Å². The lowest BCUT2D eigenvalue weighted by Crippen LogP contribution is -2.14. The SMILES string of the molecule is Nc1cc(C(=O)Nc2c(Cl)cc(Cl)cc2Cl)c(Br)cc1F. The molecule has 2 aromatic rings. The summed E-state index contributed by atoms with van der Waals surface area (Å²) in [4.78, 5) is 12.2. The molecule has 3 N–H and O–H groups in total. The van der Waals surface area contributed by atoms with Gasteiger partial charge in [0.25, 0.3) is 5.91 Å². The summed E-state index contributed by atoms with van der Waals surface area (Å²) >= 11 is 20.9. The summed E-state index contributed by atoms with van der Waals surface area (Å²) in [6, 6.07) is 5.21. The molecule has 0 unspecified atom stereocenters. The smallest absolute Gasteiger partial charge is 0.256 e. The van der Waals surface area contributed by atoms with Crippen molar-refractivity contribution in [2.75, 3.05) is 11.1 Å². The molecule has 0 bridgehead atoms. The fraction of sp³-hybridized carbons (Fsp3) is 0. The molecule has 110 valence electrons.